The lowest BCUT2D eigenvalue weighted by molar-refractivity contribution is -0.128. The molecule has 9 heteroatoms. The molecule has 1 heterocycles. The van der Waals surface area contributed by atoms with Crippen LogP contribution in [0.5, 0.6) is 5.75 Å². The third-order valence-corrected chi connectivity index (χ3v) is 6.46. The van der Waals surface area contributed by atoms with Gasteiger partial charge in [0.25, 0.3) is 0 Å². The number of para-hydroxylation sites is 1. The summed E-state index contributed by atoms with van der Waals surface area (Å²) in [7, 11) is 0. The highest BCUT2D eigenvalue weighted by atomic mass is 19.1. The molecule has 2 aromatic rings. The minimum Gasteiger partial charge on any atom is -0.492 e. The Morgan fingerprint density at radius 2 is 1.61 bits per heavy atom. The lowest BCUT2D eigenvalue weighted by Crippen LogP contribution is -2.50. The van der Waals surface area contributed by atoms with Gasteiger partial charge in [0, 0.05) is 30.9 Å². The highest BCUT2D eigenvalue weighted by molar-refractivity contribution is 5.88. The van der Waals surface area contributed by atoms with Crippen molar-refractivity contribution < 1.29 is 23.1 Å². The van der Waals surface area contributed by atoms with E-state index in [0.29, 0.717) is 31.7 Å². The molecule has 3 atom stereocenters. The van der Waals surface area contributed by atoms with E-state index in [2.05, 4.69) is 68.0 Å². The van der Waals surface area contributed by atoms with Crippen LogP contribution in [0.25, 0.3) is 0 Å². The molecule has 0 saturated carbocycles. The maximum Gasteiger partial charge on any atom is 0.242 e. The maximum absolute atomic E-state index is 12.7. The maximum atomic E-state index is 12.7. The fraction of sp³-hybridized carbons (Fsp3) is 0.543. The van der Waals surface area contributed by atoms with Crippen molar-refractivity contribution in [3.8, 4) is 5.75 Å². The fourth-order valence-electron chi connectivity index (χ4n) is 4.36. The molecule has 1 aliphatic heterocycles. The van der Waals surface area contributed by atoms with E-state index in [1.54, 1.807) is 6.92 Å². The minimum absolute atomic E-state index is 0.127. The van der Waals surface area contributed by atoms with Gasteiger partial charge in [-0.15, -0.1) is 0 Å². The Balaban J connectivity index is 0.000000672. The molecule has 0 radical (unpaired) electrons. The molecule has 2 amide bonds. The van der Waals surface area contributed by atoms with E-state index >= 15 is 0 Å². The van der Waals surface area contributed by atoms with Crippen molar-refractivity contribution in [3.05, 3.63) is 77.0 Å². The molecule has 3 rings (SSSR count). The topological polar surface area (TPSA) is 91.5 Å². The minimum atomic E-state index is -0.521. The van der Waals surface area contributed by atoms with Gasteiger partial charge in [0.1, 0.15) is 30.0 Å². The zero-order chi connectivity index (χ0) is 32.9. The number of rotatable bonds is 3. The summed E-state index contributed by atoms with van der Waals surface area (Å²) in [5.74, 6) is -0.226. The van der Waals surface area contributed by atoms with Gasteiger partial charge in [0.15, 0.2) is 0 Å². The summed E-state index contributed by atoms with van der Waals surface area (Å²) in [5.41, 5.74) is 2.70. The Labute approximate surface area is 263 Å². The number of ether oxygens (including phenoxy) is 1. The Bertz CT molecular complexity index is 1110. The second-order valence-electron chi connectivity index (χ2n) is 11.3. The van der Waals surface area contributed by atoms with Gasteiger partial charge in [-0.25, -0.2) is 8.78 Å². The molecule has 0 spiro atoms. The zero-order valence-electron chi connectivity index (χ0n) is 27.7. The molecular formula is C35H54F2N4O3. The lowest BCUT2D eigenvalue weighted by atomic mass is 10.00. The number of carbonyl (C=O) groups is 2. The summed E-state index contributed by atoms with van der Waals surface area (Å²) >= 11 is 0. The molecule has 0 bridgehead atoms. The van der Waals surface area contributed by atoms with Gasteiger partial charge in [-0.1, -0.05) is 71.7 Å². The quantitative estimate of drug-likeness (QED) is 0.329. The zero-order valence-corrected chi connectivity index (χ0v) is 27.7. The molecule has 246 valence electrons. The van der Waals surface area contributed by atoms with E-state index in [1.165, 1.54) is 18.6 Å². The standard InChI is InChI=1S/C25H40N4O3.C7H6F2.C3H8/c1-5-9-21-15-26-19(4)17-32-23-12-8-7-11-20(23)13-18(3)14-28-25(31)22(10-6-2)29-24(30)16-27-21;1-5-2-6(8)4-7(9)3-5;1-3-2/h7-9,11-12,18-19,22,26-27H,5-6,10,13-17H2,1-4H3,(H,28,31)(H,29,30);2-4H,1H3;3H2,1-2H3/t18?,19-,22?;;/m0../s1. The number of aryl methyl sites for hydroxylation is 1. The number of hydrogen-bond donors (Lipinski definition) is 4. The van der Waals surface area contributed by atoms with Crippen LogP contribution in [0.2, 0.25) is 0 Å². The highest BCUT2D eigenvalue weighted by Gasteiger charge is 2.21. The monoisotopic (exact) mass is 616 g/mol. The van der Waals surface area contributed by atoms with Crippen molar-refractivity contribution >= 4 is 11.8 Å². The fourth-order valence-corrected chi connectivity index (χ4v) is 4.36. The van der Waals surface area contributed by atoms with Gasteiger partial charge in [-0.05, 0) is 68.4 Å². The van der Waals surface area contributed by atoms with Crippen LogP contribution in [0.1, 0.15) is 78.4 Å². The van der Waals surface area contributed by atoms with Crippen molar-refractivity contribution in [2.45, 2.75) is 92.7 Å². The van der Waals surface area contributed by atoms with Gasteiger partial charge < -0.3 is 26.0 Å². The van der Waals surface area contributed by atoms with Gasteiger partial charge in [0.05, 0.1) is 6.54 Å². The molecule has 2 unspecified atom stereocenters. The molecule has 0 fully saturated rings. The Kier molecular flexibility index (Phi) is 19.4. The predicted octanol–water partition coefficient (Wildman–Crippen LogP) is 6.21. The number of allylic oxidation sites excluding steroid dienone is 1. The molecule has 0 aliphatic carbocycles. The summed E-state index contributed by atoms with van der Waals surface area (Å²) in [6.45, 7) is 16.0. The third-order valence-electron chi connectivity index (χ3n) is 6.46. The van der Waals surface area contributed by atoms with Gasteiger partial charge in [-0.2, -0.15) is 0 Å². The molecule has 44 heavy (non-hydrogen) atoms. The second-order valence-corrected chi connectivity index (χ2v) is 11.3. The van der Waals surface area contributed by atoms with Crippen LogP contribution >= 0.6 is 0 Å². The summed E-state index contributed by atoms with van der Waals surface area (Å²) in [5, 5.41) is 12.6. The Hall–Kier alpha value is -3.46. The van der Waals surface area contributed by atoms with Crippen LogP contribution in [0, 0.1) is 24.5 Å². The average molecular weight is 617 g/mol. The number of hydrogen-bond acceptors (Lipinski definition) is 5. The molecule has 7 nitrogen and oxygen atoms in total. The lowest BCUT2D eigenvalue weighted by Gasteiger charge is -2.22. The second kappa shape index (κ2) is 22.1. The molecule has 0 saturated heterocycles. The summed E-state index contributed by atoms with van der Waals surface area (Å²) in [6, 6.07) is 11.1. The largest absolute Gasteiger partial charge is 0.492 e. The average Bonchev–Trinajstić information content (AvgIpc) is 2.96. The van der Waals surface area contributed by atoms with Crippen LogP contribution in [-0.2, 0) is 16.0 Å². The first-order valence-electron chi connectivity index (χ1n) is 15.9. The van der Waals surface area contributed by atoms with Crippen molar-refractivity contribution in [3.63, 3.8) is 0 Å². The third kappa shape index (κ3) is 16.4. The van der Waals surface area contributed by atoms with Crippen LogP contribution in [0.3, 0.4) is 0 Å². The van der Waals surface area contributed by atoms with Crippen molar-refractivity contribution in [1.82, 2.24) is 21.3 Å². The first kappa shape index (κ1) is 38.6. The highest BCUT2D eigenvalue weighted by Crippen LogP contribution is 2.21. The number of halogens is 2. The molecule has 0 aromatic heterocycles. The normalized spacial score (nSPS) is 20.8. The molecule has 4 N–H and O–H groups in total. The van der Waals surface area contributed by atoms with Gasteiger partial charge >= 0.3 is 0 Å². The number of carbonyl (C=O) groups excluding carboxylic acids is 2. The SMILES string of the molecule is CCC.CCC=C1CN[C@@H](C)COc2ccccc2CC(C)CNC(=O)C(CCC)NC(=O)CN1.Cc1cc(F)cc(F)c1. The summed E-state index contributed by atoms with van der Waals surface area (Å²) in [4.78, 5) is 25.2. The first-order chi connectivity index (χ1) is 21.0. The van der Waals surface area contributed by atoms with Crippen LogP contribution in [0.4, 0.5) is 8.78 Å². The number of nitrogens with one attached hydrogen (secondary N) is 4. The van der Waals surface area contributed by atoms with Crippen LogP contribution < -0.4 is 26.0 Å². The van der Waals surface area contributed by atoms with E-state index in [-0.39, 0.29) is 30.3 Å². The first-order valence-corrected chi connectivity index (χ1v) is 15.9. The summed E-state index contributed by atoms with van der Waals surface area (Å²) in [6.07, 6.45) is 6.41. The number of fused-ring (bicyclic) bond motifs is 1. The van der Waals surface area contributed by atoms with Crippen molar-refractivity contribution in [2.24, 2.45) is 5.92 Å². The Morgan fingerprint density at radius 3 is 2.23 bits per heavy atom. The van der Waals surface area contributed by atoms with E-state index in [4.69, 9.17) is 4.74 Å². The van der Waals surface area contributed by atoms with Crippen LogP contribution in [-0.4, -0.2) is 50.1 Å². The van der Waals surface area contributed by atoms with Crippen LogP contribution in [0.15, 0.2) is 54.2 Å². The van der Waals surface area contributed by atoms with Gasteiger partial charge in [0.2, 0.25) is 11.8 Å². The number of benzene rings is 2. The molecule has 2 aromatic carbocycles. The van der Waals surface area contributed by atoms with Crippen molar-refractivity contribution in [2.75, 3.05) is 26.2 Å². The predicted molar refractivity (Wildman–Crippen MR) is 176 cm³/mol. The molecule has 1 aliphatic rings. The smallest absolute Gasteiger partial charge is 0.242 e. The van der Waals surface area contributed by atoms with E-state index in [9.17, 15) is 18.4 Å². The Morgan fingerprint density at radius 1 is 0.955 bits per heavy atom. The van der Waals surface area contributed by atoms with E-state index < -0.39 is 17.7 Å². The van der Waals surface area contributed by atoms with Gasteiger partial charge in [-0.3, -0.25) is 9.59 Å². The van der Waals surface area contributed by atoms with Crippen molar-refractivity contribution in [1.29, 1.82) is 0 Å². The molecular weight excluding hydrogens is 562 g/mol. The summed E-state index contributed by atoms with van der Waals surface area (Å²) < 4.78 is 30.5. The van der Waals surface area contributed by atoms with E-state index in [1.807, 2.05) is 25.1 Å². The number of amides is 2. The van der Waals surface area contributed by atoms with E-state index in [0.717, 1.165) is 42.3 Å².